The van der Waals surface area contributed by atoms with Gasteiger partial charge in [0.1, 0.15) is 11.2 Å². The molecule has 30 heavy (non-hydrogen) atoms. The second kappa shape index (κ2) is 9.99. The van der Waals surface area contributed by atoms with Crippen LogP contribution >= 0.6 is 0 Å². The van der Waals surface area contributed by atoms with Crippen molar-refractivity contribution in [2.45, 2.75) is 18.4 Å². The molecule has 9 nitrogen and oxygen atoms in total. The van der Waals surface area contributed by atoms with E-state index in [0.29, 0.717) is 24.9 Å². The van der Waals surface area contributed by atoms with Gasteiger partial charge < -0.3 is 15.1 Å². The van der Waals surface area contributed by atoms with Crippen molar-refractivity contribution < 1.29 is 12.8 Å². The van der Waals surface area contributed by atoms with E-state index in [1.54, 1.807) is 19.4 Å². The van der Waals surface area contributed by atoms with Crippen molar-refractivity contribution in [2.24, 2.45) is 4.99 Å². The van der Waals surface area contributed by atoms with Gasteiger partial charge in [0.05, 0.1) is 12.2 Å². The van der Waals surface area contributed by atoms with Crippen LogP contribution in [0.15, 0.2) is 69.4 Å². The van der Waals surface area contributed by atoms with E-state index in [9.17, 15) is 8.42 Å². The standard InChI is InChI=1S/C20H24N6O3S/c1-15-5-7-16(8-6-15)19-26-17(14-29-19)12-24-20(21-2)23-10-11-25-30(27,28)18-4-3-9-22-13-18/h3-9,13-14,25H,10-12H2,1-2H3,(H2,21,23,24). The quantitative estimate of drug-likeness (QED) is 0.284. The Bertz CT molecular complexity index is 1080. The number of sulfonamides is 1. The van der Waals surface area contributed by atoms with Crippen LogP contribution in [0.2, 0.25) is 0 Å². The third kappa shape index (κ3) is 5.88. The second-order valence-corrected chi connectivity index (χ2v) is 8.22. The Morgan fingerprint density at radius 3 is 2.63 bits per heavy atom. The number of nitrogens with one attached hydrogen (secondary N) is 3. The average Bonchev–Trinajstić information content (AvgIpc) is 3.23. The van der Waals surface area contributed by atoms with E-state index in [1.165, 1.54) is 24.0 Å². The minimum absolute atomic E-state index is 0.128. The Morgan fingerprint density at radius 1 is 1.13 bits per heavy atom. The number of aliphatic imine (C=N–C) groups is 1. The van der Waals surface area contributed by atoms with E-state index in [-0.39, 0.29) is 11.4 Å². The van der Waals surface area contributed by atoms with Crippen molar-refractivity contribution in [3.63, 3.8) is 0 Å². The number of guanidine groups is 1. The van der Waals surface area contributed by atoms with Gasteiger partial charge in [-0.2, -0.15) is 0 Å². The van der Waals surface area contributed by atoms with E-state index in [1.807, 2.05) is 31.2 Å². The summed E-state index contributed by atoms with van der Waals surface area (Å²) in [6.07, 6.45) is 4.42. The van der Waals surface area contributed by atoms with E-state index in [2.05, 4.69) is 30.3 Å². The molecule has 10 heteroatoms. The van der Waals surface area contributed by atoms with Gasteiger partial charge in [-0.25, -0.2) is 18.1 Å². The molecule has 0 aliphatic rings. The minimum atomic E-state index is -3.58. The van der Waals surface area contributed by atoms with Crippen LogP contribution < -0.4 is 15.4 Å². The fourth-order valence-corrected chi connectivity index (χ4v) is 3.56. The Balaban J connectivity index is 1.45. The Morgan fingerprint density at radius 2 is 1.93 bits per heavy atom. The Labute approximate surface area is 175 Å². The fraction of sp³-hybridized carbons (Fsp3) is 0.250. The summed E-state index contributed by atoms with van der Waals surface area (Å²) in [7, 11) is -1.95. The molecular weight excluding hydrogens is 404 g/mol. The van der Waals surface area contributed by atoms with E-state index >= 15 is 0 Å². The number of rotatable bonds is 8. The predicted molar refractivity (Wildman–Crippen MR) is 114 cm³/mol. The summed E-state index contributed by atoms with van der Waals surface area (Å²) < 4.78 is 32.4. The van der Waals surface area contributed by atoms with Crippen LogP contribution in [0.3, 0.4) is 0 Å². The highest BCUT2D eigenvalue weighted by molar-refractivity contribution is 7.89. The van der Waals surface area contributed by atoms with Gasteiger partial charge in [-0.3, -0.25) is 9.98 Å². The van der Waals surface area contributed by atoms with Crippen molar-refractivity contribution in [3.05, 3.63) is 66.3 Å². The molecule has 1 aromatic carbocycles. The van der Waals surface area contributed by atoms with Crippen LogP contribution in [0, 0.1) is 6.92 Å². The predicted octanol–water partition coefficient (Wildman–Crippen LogP) is 1.69. The molecule has 2 heterocycles. The molecule has 0 unspecified atom stereocenters. The molecule has 0 atom stereocenters. The van der Waals surface area contributed by atoms with E-state index in [0.717, 1.165) is 11.3 Å². The maximum Gasteiger partial charge on any atom is 0.242 e. The molecule has 3 aromatic rings. The van der Waals surface area contributed by atoms with Gasteiger partial charge in [0.25, 0.3) is 0 Å². The van der Waals surface area contributed by atoms with Crippen LogP contribution in [0.5, 0.6) is 0 Å². The Hall–Kier alpha value is -3.24. The molecule has 158 valence electrons. The zero-order chi connectivity index (χ0) is 21.4. The number of aromatic nitrogens is 2. The van der Waals surface area contributed by atoms with Crippen LogP contribution in [0.4, 0.5) is 0 Å². The lowest BCUT2D eigenvalue weighted by Crippen LogP contribution is -2.41. The van der Waals surface area contributed by atoms with Gasteiger partial charge in [-0.05, 0) is 31.2 Å². The zero-order valence-corrected chi connectivity index (χ0v) is 17.6. The lowest BCUT2D eigenvalue weighted by atomic mass is 10.1. The van der Waals surface area contributed by atoms with Gasteiger partial charge in [0.15, 0.2) is 5.96 Å². The highest BCUT2D eigenvalue weighted by Crippen LogP contribution is 2.18. The van der Waals surface area contributed by atoms with Crippen LogP contribution in [0.25, 0.3) is 11.5 Å². The van der Waals surface area contributed by atoms with Gasteiger partial charge in [0.2, 0.25) is 15.9 Å². The number of aryl methyl sites for hydroxylation is 1. The lowest BCUT2D eigenvalue weighted by molar-refractivity contribution is 0.571. The Kier molecular flexibility index (Phi) is 7.15. The van der Waals surface area contributed by atoms with Crippen molar-refractivity contribution in [1.29, 1.82) is 0 Å². The molecule has 0 fully saturated rings. The van der Waals surface area contributed by atoms with Crippen molar-refractivity contribution in [2.75, 3.05) is 20.1 Å². The number of benzene rings is 1. The molecule has 0 amide bonds. The third-order valence-corrected chi connectivity index (χ3v) is 5.61. The first-order chi connectivity index (χ1) is 14.5. The van der Waals surface area contributed by atoms with Crippen LogP contribution in [-0.4, -0.2) is 44.5 Å². The molecular formula is C20H24N6O3S. The minimum Gasteiger partial charge on any atom is -0.444 e. The molecule has 0 radical (unpaired) electrons. The highest BCUT2D eigenvalue weighted by Gasteiger charge is 2.13. The summed E-state index contributed by atoms with van der Waals surface area (Å²) >= 11 is 0. The number of pyridine rings is 1. The number of oxazole rings is 1. The summed E-state index contributed by atoms with van der Waals surface area (Å²) in [5.74, 6) is 1.08. The third-order valence-electron chi connectivity index (χ3n) is 4.17. The van der Waals surface area contributed by atoms with Gasteiger partial charge >= 0.3 is 0 Å². The van der Waals surface area contributed by atoms with Crippen LogP contribution in [0.1, 0.15) is 11.3 Å². The molecule has 0 saturated carbocycles. The molecule has 3 rings (SSSR count). The second-order valence-electron chi connectivity index (χ2n) is 6.45. The molecule has 0 aliphatic carbocycles. The molecule has 0 saturated heterocycles. The van der Waals surface area contributed by atoms with Crippen molar-refractivity contribution in [1.82, 2.24) is 25.3 Å². The molecule has 3 N–H and O–H groups in total. The first-order valence-electron chi connectivity index (χ1n) is 9.33. The molecule has 0 spiro atoms. The molecule has 0 bridgehead atoms. The van der Waals surface area contributed by atoms with E-state index < -0.39 is 10.0 Å². The molecule has 0 aliphatic heterocycles. The first-order valence-corrected chi connectivity index (χ1v) is 10.8. The number of nitrogens with zero attached hydrogens (tertiary/aromatic N) is 3. The SMILES string of the molecule is CN=C(NCCNS(=O)(=O)c1cccnc1)NCc1coc(-c2ccc(C)cc2)n1. The smallest absolute Gasteiger partial charge is 0.242 e. The summed E-state index contributed by atoms with van der Waals surface area (Å²) in [6, 6.07) is 11.0. The van der Waals surface area contributed by atoms with Gasteiger partial charge in [0, 0.05) is 38.1 Å². The maximum atomic E-state index is 12.2. The van der Waals surface area contributed by atoms with Crippen molar-refractivity contribution in [3.8, 4) is 11.5 Å². The normalized spacial score (nSPS) is 12.0. The van der Waals surface area contributed by atoms with Gasteiger partial charge in [-0.1, -0.05) is 17.7 Å². The van der Waals surface area contributed by atoms with E-state index in [4.69, 9.17) is 4.42 Å². The summed E-state index contributed by atoms with van der Waals surface area (Å²) in [5, 5.41) is 6.16. The topological polar surface area (TPSA) is 122 Å². The number of hydrogen-bond acceptors (Lipinski definition) is 6. The first kappa shape index (κ1) is 21.5. The highest BCUT2D eigenvalue weighted by atomic mass is 32.2. The van der Waals surface area contributed by atoms with Gasteiger partial charge in [-0.15, -0.1) is 0 Å². The largest absolute Gasteiger partial charge is 0.444 e. The summed E-state index contributed by atoms with van der Waals surface area (Å²) in [6.45, 7) is 2.99. The summed E-state index contributed by atoms with van der Waals surface area (Å²) in [4.78, 5) is 12.5. The monoisotopic (exact) mass is 428 g/mol. The zero-order valence-electron chi connectivity index (χ0n) is 16.8. The number of hydrogen-bond donors (Lipinski definition) is 3. The summed E-state index contributed by atoms with van der Waals surface area (Å²) in [5.41, 5.74) is 2.81. The fourth-order valence-electron chi connectivity index (χ4n) is 2.57. The van der Waals surface area contributed by atoms with Crippen LogP contribution in [-0.2, 0) is 16.6 Å². The maximum absolute atomic E-state index is 12.2. The van der Waals surface area contributed by atoms with Crippen molar-refractivity contribution >= 4 is 16.0 Å². The lowest BCUT2D eigenvalue weighted by Gasteiger charge is -2.11. The molecule has 2 aromatic heterocycles. The average molecular weight is 429 g/mol.